The molecule has 0 heterocycles. The molecule has 0 nitrogen and oxygen atoms in total. The van der Waals surface area contributed by atoms with Crippen LogP contribution in [0.25, 0.3) is 0 Å². The van der Waals surface area contributed by atoms with E-state index in [-0.39, 0.29) is 0 Å². The average molecular weight is 232 g/mol. The van der Waals surface area contributed by atoms with Gasteiger partial charge in [-0.25, -0.2) is 0 Å². The van der Waals surface area contributed by atoms with Crippen LogP contribution in [0.15, 0.2) is 11.1 Å². The summed E-state index contributed by atoms with van der Waals surface area (Å²) in [5.41, 5.74) is 3.78. The molecule has 4 fully saturated rings. The lowest BCUT2D eigenvalue weighted by Gasteiger charge is -2.53. The first-order valence-electron chi connectivity index (χ1n) is 7.80. The summed E-state index contributed by atoms with van der Waals surface area (Å²) in [6.07, 6.45) is 7.70. The molecule has 0 amide bonds. The Morgan fingerprint density at radius 1 is 0.765 bits per heavy atom. The molecule has 4 rings (SSSR count). The third-order valence-electron chi connectivity index (χ3n) is 5.60. The summed E-state index contributed by atoms with van der Waals surface area (Å²) in [6, 6.07) is 0. The van der Waals surface area contributed by atoms with Gasteiger partial charge in [0.2, 0.25) is 0 Å². The monoisotopic (exact) mass is 232 g/mol. The van der Waals surface area contributed by atoms with Crippen LogP contribution in [0.4, 0.5) is 0 Å². The number of hydrogen-bond acceptors (Lipinski definition) is 0. The van der Waals surface area contributed by atoms with Crippen LogP contribution in [0, 0.1) is 35.5 Å². The van der Waals surface area contributed by atoms with E-state index >= 15 is 0 Å². The Hall–Kier alpha value is -0.260. The minimum absolute atomic E-state index is 0.766. The summed E-state index contributed by atoms with van der Waals surface area (Å²) < 4.78 is 0. The van der Waals surface area contributed by atoms with E-state index in [0.717, 1.165) is 35.5 Å². The molecule has 0 aromatic heterocycles. The van der Waals surface area contributed by atoms with Crippen molar-refractivity contribution >= 4 is 0 Å². The van der Waals surface area contributed by atoms with E-state index in [1.165, 1.54) is 25.7 Å². The highest BCUT2D eigenvalue weighted by molar-refractivity contribution is 5.28. The number of allylic oxidation sites excluding steroid dienone is 2. The molecule has 0 N–H and O–H groups in total. The molecule has 4 saturated carbocycles. The summed E-state index contributed by atoms with van der Waals surface area (Å²) >= 11 is 0. The van der Waals surface area contributed by atoms with Crippen molar-refractivity contribution in [2.24, 2.45) is 35.5 Å². The molecular formula is C17H28. The second-order valence-corrected chi connectivity index (χ2v) is 7.52. The zero-order valence-electron chi connectivity index (χ0n) is 12.0. The highest BCUT2D eigenvalue weighted by Gasteiger charge is 2.46. The van der Waals surface area contributed by atoms with Gasteiger partial charge < -0.3 is 0 Å². The van der Waals surface area contributed by atoms with Crippen molar-refractivity contribution in [3.05, 3.63) is 11.1 Å². The molecular weight excluding hydrogens is 204 g/mol. The van der Waals surface area contributed by atoms with Crippen molar-refractivity contribution in [1.29, 1.82) is 0 Å². The third-order valence-corrected chi connectivity index (χ3v) is 5.60. The SMILES string of the molecule is CC(C)C(=C1C2CC3CC(C2)CC1C3)C(C)C. The van der Waals surface area contributed by atoms with Crippen molar-refractivity contribution < 1.29 is 0 Å². The molecule has 0 heteroatoms. The molecule has 4 bridgehead atoms. The van der Waals surface area contributed by atoms with Gasteiger partial charge in [-0.05, 0) is 67.6 Å². The van der Waals surface area contributed by atoms with Crippen LogP contribution >= 0.6 is 0 Å². The number of rotatable bonds is 2. The maximum Gasteiger partial charge on any atom is -0.0192 e. The second kappa shape index (κ2) is 4.14. The zero-order chi connectivity index (χ0) is 12.2. The molecule has 0 aliphatic heterocycles. The summed E-state index contributed by atoms with van der Waals surface area (Å²) in [6.45, 7) is 9.64. The van der Waals surface area contributed by atoms with Gasteiger partial charge in [-0.1, -0.05) is 38.8 Å². The minimum atomic E-state index is 0.766. The summed E-state index contributed by atoms with van der Waals surface area (Å²) in [5, 5.41) is 0. The molecule has 17 heavy (non-hydrogen) atoms. The molecule has 0 atom stereocenters. The fourth-order valence-electron chi connectivity index (χ4n) is 5.50. The second-order valence-electron chi connectivity index (χ2n) is 7.52. The van der Waals surface area contributed by atoms with Crippen LogP contribution in [0.5, 0.6) is 0 Å². The predicted octanol–water partition coefficient (Wildman–Crippen LogP) is 5.05. The topological polar surface area (TPSA) is 0 Å². The van der Waals surface area contributed by atoms with Gasteiger partial charge in [0.15, 0.2) is 0 Å². The molecule has 0 saturated heterocycles. The Morgan fingerprint density at radius 3 is 1.53 bits per heavy atom. The van der Waals surface area contributed by atoms with E-state index < -0.39 is 0 Å². The number of hydrogen-bond donors (Lipinski definition) is 0. The Labute approximate surface area is 107 Å². The predicted molar refractivity (Wildman–Crippen MR) is 73.7 cm³/mol. The first-order valence-corrected chi connectivity index (χ1v) is 7.80. The van der Waals surface area contributed by atoms with Crippen LogP contribution in [-0.2, 0) is 0 Å². The summed E-state index contributed by atoms with van der Waals surface area (Å²) in [5.74, 6) is 5.71. The largest absolute Gasteiger partial charge is 0.0653 e. The lowest BCUT2D eigenvalue weighted by Crippen LogP contribution is -2.41. The lowest BCUT2D eigenvalue weighted by atomic mass is 9.52. The highest BCUT2D eigenvalue weighted by Crippen LogP contribution is 2.58. The van der Waals surface area contributed by atoms with Gasteiger partial charge in [0, 0.05) is 0 Å². The quantitative estimate of drug-likeness (QED) is 0.584. The average Bonchev–Trinajstić information content (AvgIpc) is 2.20. The van der Waals surface area contributed by atoms with E-state index in [0.29, 0.717) is 0 Å². The van der Waals surface area contributed by atoms with E-state index in [2.05, 4.69) is 27.7 Å². The van der Waals surface area contributed by atoms with Crippen LogP contribution < -0.4 is 0 Å². The Kier molecular flexibility index (Phi) is 2.88. The Balaban J connectivity index is 1.99. The van der Waals surface area contributed by atoms with Crippen LogP contribution in [-0.4, -0.2) is 0 Å². The standard InChI is InChI=1S/C17H28/c1-10(2)16(11(3)4)17-14-6-12-5-13(8-14)9-15(17)7-12/h10-15H,5-9H2,1-4H3. The van der Waals surface area contributed by atoms with Gasteiger partial charge in [0.1, 0.15) is 0 Å². The Morgan fingerprint density at radius 2 is 1.18 bits per heavy atom. The van der Waals surface area contributed by atoms with E-state index in [1.54, 1.807) is 6.42 Å². The molecule has 0 unspecified atom stereocenters. The molecule has 0 aromatic rings. The van der Waals surface area contributed by atoms with Gasteiger partial charge in [-0.15, -0.1) is 0 Å². The van der Waals surface area contributed by atoms with Gasteiger partial charge in [0.05, 0.1) is 0 Å². The minimum Gasteiger partial charge on any atom is -0.0653 e. The van der Waals surface area contributed by atoms with E-state index in [9.17, 15) is 0 Å². The van der Waals surface area contributed by atoms with Crippen LogP contribution in [0.2, 0.25) is 0 Å². The van der Waals surface area contributed by atoms with Gasteiger partial charge in [-0.2, -0.15) is 0 Å². The highest BCUT2D eigenvalue weighted by atomic mass is 14.5. The van der Waals surface area contributed by atoms with E-state index in [4.69, 9.17) is 0 Å². The molecule has 4 aliphatic rings. The molecule has 96 valence electrons. The fraction of sp³-hybridized carbons (Fsp3) is 0.882. The summed E-state index contributed by atoms with van der Waals surface area (Å²) in [4.78, 5) is 0. The van der Waals surface area contributed by atoms with Crippen molar-refractivity contribution in [3.8, 4) is 0 Å². The molecule has 0 spiro atoms. The van der Waals surface area contributed by atoms with Crippen LogP contribution in [0.1, 0.15) is 59.8 Å². The summed E-state index contributed by atoms with van der Waals surface area (Å²) in [7, 11) is 0. The van der Waals surface area contributed by atoms with Gasteiger partial charge >= 0.3 is 0 Å². The van der Waals surface area contributed by atoms with Gasteiger partial charge in [-0.3, -0.25) is 0 Å². The van der Waals surface area contributed by atoms with Gasteiger partial charge in [0.25, 0.3) is 0 Å². The fourth-order valence-corrected chi connectivity index (χ4v) is 5.50. The normalized spacial score (nSPS) is 39.5. The third kappa shape index (κ3) is 1.88. The molecule has 0 aromatic carbocycles. The van der Waals surface area contributed by atoms with Crippen molar-refractivity contribution in [1.82, 2.24) is 0 Å². The Bertz CT molecular complexity index is 292. The molecule has 0 radical (unpaired) electrons. The van der Waals surface area contributed by atoms with Crippen molar-refractivity contribution in [2.75, 3.05) is 0 Å². The van der Waals surface area contributed by atoms with E-state index in [1.807, 2.05) is 11.1 Å². The lowest BCUT2D eigenvalue weighted by molar-refractivity contribution is 0.0666. The first kappa shape index (κ1) is 11.8. The maximum absolute atomic E-state index is 2.41. The van der Waals surface area contributed by atoms with Crippen molar-refractivity contribution in [3.63, 3.8) is 0 Å². The van der Waals surface area contributed by atoms with Crippen LogP contribution in [0.3, 0.4) is 0 Å². The molecule has 4 aliphatic carbocycles. The zero-order valence-corrected chi connectivity index (χ0v) is 12.0. The smallest absolute Gasteiger partial charge is 0.0192 e. The maximum atomic E-state index is 2.41. The van der Waals surface area contributed by atoms with Crippen molar-refractivity contribution in [2.45, 2.75) is 59.8 Å². The first-order chi connectivity index (χ1) is 8.06.